The van der Waals surface area contributed by atoms with Crippen LogP contribution in [0.5, 0.6) is 0 Å². The molecule has 1 fully saturated rings. The van der Waals surface area contributed by atoms with Crippen molar-refractivity contribution in [3.05, 3.63) is 28.5 Å². The Morgan fingerprint density at radius 2 is 1.94 bits per heavy atom. The van der Waals surface area contributed by atoms with Crippen molar-refractivity contribution >= 4 is 28.3 Å². The van der Waals surface area contributed by atoms with Crippen LogP contribution in [0.1, 0.15) is 43.8 Å². The van der Waals surface area contributed by atoms with Gasteiger partial charge in [0.2, 0.25) is 0 Å². The van der Waals surface area contributed by atoms with E-state index in [9.17, 15) is 0 Å². The Morgan fingerprint density at radius 3 is 2.50 bits per heavy atom. The molecule has 2 rings (SSSR count). The zero-order chi connectivity index (χ0) is 10.7. The lowest BCUT2D eigenvalue weighted by Gasteiger charge is -2.27. The summed E-state index contributed by atoms with van der Waals surface area (Å²) >= 11 is 3.39. The monoisotopic (exact) mass is 304 g/mol. The first-order valence-corrected chi connectivity index (χ1v) is 6.43. The molecule has 4 heteroatoms. The maximum Gasteiger partial charge on any atom is 0.0574 e. The molecule has 0 unspecified atom stereocenters. The summed E-state index contributed by atoms with van der Waals surface area (Å²) in [4.78, 5) is 4.38. The number of halogens is 2. The lowest BCUT2D eigenvalue weighted by molar-refractivity contribution is 0.305. The zero-order valence-corrected chi connectivity index (χ0v) is 11.6. The molecule has 0 aliphatic heterocycles. The number of aromatic nitrogens is 1. The van der Waals surface area contributed by atoms with Crippen LogP contribution in [0.25, 0.3) is 0 Å². The number of nitrogens with two attached hydrogens (primary N) is 1. The molecule has 0 bridgehead atoms. The Labute approximate surface area is 112 Å². The van der Waals surface area contributed by atoms with Gasteiger partial charge in [0.05, 0.1) is 5.69 Å². The quantitative estimate of drug-likeness (QED) is 0.901. The largest absolute Gasteiger partial charge is 0.322 e. The number of nitrogens with zero attached hydrogens (tertiary/aromatic N) is 1. The van der Waals surface area contributed by atoms with E-state index in [1.165, 1.54) is 32.1 Å². The Bertz CT molecular complexity index is 309. The Kier molecular flexibility index (Phi) is 5.73. The van der Waals surface area contributed by atoms with Gasteiger partial charge >= 0.3 is 0 Å². The second-order valence-corrected chi connectivity index (χ2v) is 5.24. The normalized spacial score (nSPS) is 18.9. The summed E-state index contributed by atoms with van der Waals surface area (Å²) in [7, 11) is 0. The Morgan fingerprint density at radius 1 is 1.25 bits per heavy atom. The number of pyridine rings is 1. The molecule has 1 aromatic rings. The molecular weight excluding hydrogens is 288 g/mol. The van der Waals surface area contributed by atoms with Crippen LogP contribution in [0.2, 0.25) is 0 Å². The fourth-order valence-corrected chi connectivity index (χ4v) is 2.55. The van der Waals surface area contributed by atoms with E-state index in [-0.39, 0.29) is 18.4 Å². The summed E-state index contributed by atoms with van der Waals surface area (Å²) in [6, 6.07) is 4.17. The van der Waals surface area contributed by atoms with Crippen molar-refractivity contribution < 1.29 is 0 Å². The van der Waals surface area contributed by atoms with Gasteiger partial charge in [-0.3, -0.25) is 4.98 Å². The highest BCUT2D eigenvalue weighted by atomic mass is 79.9. The van der Waals surface area contributed by atoms with Gasteiger partial charge in [0, 0.05) is 16.7 Å². The second kappa shape index (κ2) is 6.58. The summed E-state index contributed by atoms with van der Waals surface area (Å²) in [6.45, 7) is 0. The fourth-order valence-electron chi connectivity index (χ4n) is 2.32. The molecule has 0 aromatic carbocycles. The first-order chi connectivity index (χ1) is 7.27. The number of hydrogen-bond acceptors (Lipinski definition) is 2. The van der Waals surface area contributed by atoms with Crippen molar-refractivity contribution in [2.75, 3.05) is 0 Å². The van der Waals surface area contributed by atoms with Crippen LogP contribution in [-0.4, -0.2) is 4.98 Å². The third kappa shape index (κ3) is 3.44. The summed E-state index contributed by atoms with van der Waals surface area (Å²) in [5.41, 5.74) is 7.27. The summed E-state index contributed by atoms with van der Waals surface area (Å²) in [5.74, 6) is 0.632. The van der Waals surface area contributed by atoms with Gasteiger partial charge in [-0.1, -0.05) is 19.3 Å². The first kappa shape index (κ1) is 13.9. The van der Waals surface area contributed by atoms with Gasteiger partial charge in [-0.05, 0) is 46.8 Å². The molecule has 1 heterocycles. The lowest BCUT2D eigenvalue weighted by atomic mass is 9.83. The fraction of sp³-hybridized carbons (Fsp3) is 0.583. The predicted octanol–water partition coefficient (Wildman–Crippen LogP) is 3.85. The molecule has 1 atom stereocenters. The molecule has 0 radical (unpaired) electrons. The van der Waals surface area contributed by atoms with Gasteiger partial charge in [0.25, 0.3) is 0 Å². The molecule has 0 amide bonds. The Hall–Kier alpha value is -0.120. The van der Waals surface area contributed by atoms with Gasteiger partial charge < -0.3 is 5.73 Å². The highest BCUT2D eigenvalue weighted by Crippen LogP contribution is 2.32. The minimum Gasteiger partial charge on any atom is -0.322 e. The maximum atomic E-state index is 6.24. The highest BCUT2D eigenvalue weighted by molar-refractivity contribution is 9.10. The maximum absolute atomic E-state index is 6.24. The third-order valence-corrected chi connectivity index (χ3v) is 3.72. The van der Waals surface area contributed by atoms with Crippen molar-refractivity contribution in [3.8, 4) is 0 Å². The molecule has 1 saturated carbocycles. The molecule has 0 saturated heterocycles. The number of hydrogen-bond donors (Lipinski definition) is 1. The van der Waals surface area contributed by atoms with Crippen LogP contribution in [0.15, 0.2) is 22.8 Å². The SMILES string of the molecule is Cl.N[C@H](c1ccc(Br)cn1)C1CCCCC1. The van der Waals surface area contributed by atoms with Crippen molar-refractivity contribution in [2.24, 2.45) is 11.7 Å². The van der Waals surface area contributed by atoms with Gasteiger partial charge in [-0.25, -0.2) is 0 Å². The predicted molar refractivity (Wildman–Crippen MR) is 72.7 cm³/mol. The average Bonchev–Trinajstić information content (AvgIpc) is 2.30. The van der Waals surface area contributed by atoms with Crippen LogP contribution in [0, 0.1) is 5.92 Å². The van der Waals surface area contributed by atoms with Gasteiger partial charge in [0.15, 0.2) is 0 Å². The third-order valence-electron chi connectivity index (χ3n) is 3.25. The molecule has 0 spiro atoms. The van der Waals surface area contributed by atoms with E-state index in [0.717, 1.165) is 10.2 Å². The molecule has 1 aromatic heterocycles. The van der Waals surface area contributed by atoms with E-state index >= 15 is 0 Å². The van der Waals surface area contributed by atoms with Gasteiger partial charge in [-0.2, -0.15) is 0 Å². The van der Waals surface area contributed by atoms with Crippen LogP contribution >= 0.6 is 28.3 Å². The standard InChI is InChI=1S/C12H17BrN2.ClH/c13-10-6-7-11(15-8-10)12(14)9-4-2-1-3-5-9;/h6-9,12H,1-5,14H2;1H/t12-;/m0./s1. The molecular formula is C12H18BrClN2. The zero-order valence-electron chi connectivity index (χ0n) is 9.23. The summed E-state index contributed by atoms with van der Waals surface area (Å²) in [5, 5.41) is 0. The smallest absolute Gasteiger partial charge is 0.0574 e. The van der Waals surface area contributed by atoms with Crippen LogP contribution < -0.4 is 5.73 Å². The van der Waals surface area contributed by atoms with Crippen LogP contribution in [0.3, 0.4) is 0 Å². The summed E-state index contributed by atoms with van der Waals surface area (Å²) in [6.07, 6.45) is 8.39. The lowest BCUT2D eigenvalue weighted by Crippen LogP contribution is -2.24. The first-order valence-electron chi connectivity index (χ1n) is 5.64. The Balaban J connectivity index is 0.00000128. The van der Waals surface area contributed by atoms with E-state index in [2.05, 4.69) is 20.9 Å². The van der Waals surface area contributed by atoms with Crippen LogP contribution in [0.4, 0.5) is 0 Å². The number of rotatable bonds is 2. The van der Waals surface area contributed by atoms with E-state index in [1.807, 2.05) is 18.3 Å². The molecule has 2 N–H and O–H groups in total. The van der Waals surface area contributed by atoms with E-state index in [1.54, 1.807) is 0 Å². The molecule has 16 heavy (non-hydrogen) atoms. The molecule has 90 valence electrons. The van der Waals surface area contributed by atoms with Crippen molar-refractivity contribution in [1.29, 1.82) is 0 Å². The topological polar surface area (TPSA) is 38.9 Å². The van der Waals surface area contributed by atoms with Crippen molar-refractivity contribution in [1.82, 2.24) is 4.98 Å². The van der Waals surface area contributed by atoms with Crippen molar-refractivity contribution in [2.45, 2.75) is 38.1 Å². The van der Waals surface area contributed by atoms with Crippen LogP contribution in [-0.2, 0) is 0 Å². The van der Waals surface area contributed by atoms with Gasteiger partial charge in [0.1, 0.15) is 0 Å². The molecule has 1 aliphatic rings. The minimum absolute atomic E-state index is 0. The van der Waals surface area contributed by atoms with Crippen molar-refractivity contribution in [3.63, 3.8) is 0 Å². The average molecular weight is 306 g/mol. The minimum atomic E-state index is 0. The van der Waals surface area contributed by atoms with E-state index in [0.29, 0.717) is 5.92 Å². The molecule has 2 nitrogen and oxygen atoms in total. The second-order valence-electron chi connectivity index (χ2n) is 4.33. The van der Waals surface area contributed by atoms with E-state index < -0.39 is 0 Å². The van der Waals surface area contributed by atoms with E-state index in [4.69, 9.17) is 5.73 Å². The highest BCUT2D eigenvalue weighted by Gasteiger charge is 2.22. The molecule has 1 aliphatic carbocycles. The summed E-state index contributed by atoms with van der Waals surface area (Å²) < 4.78 is 1.02. The van der Waals surface area contributed by atoms with Gasteiger partial charge in [-0.15, -0.1) is 12.4 Å².